The number of carbonyl (C=O) groups is 5. The number of amides is 4. The van der Waals surface area contributed by atoms with Crippen molar-refractivity contribution in [2.24, 2.45) is 16.5 Å². The summed E-state index contributed by atoms with van der Waals surface area (Å²) in [6.07, 6.45) is 5.00. The molecule has 244 valence electrons. The first-order valence-corrected chi connectivity index (χ1v) is 14.8. The number of hydrogen-bond acceptors (Lipinski definition) is 8. The molecular weight excluding hydrogens is 584 g/mol. The molecule has 4 amide bonds. The molecule has 45 heavy (non-hydrogen) atoms. The maximum atomic E-state index is 13.7. The van der Waals surface area contributed by atoms with Crippen LogP contribution in [-0.4, -0.2) is 93.9 Å². The number of carbonyl (C=O) groups excluding carboxylic acids is 4. The number of imidazole rings is 1. The van der Waals surface area contributed by atoms with Crippen molar-refractivity contribution in [1.82, 2.24) is 36.6 Å². The Labute approximate surface area is 260 Å². The number of aromatic nitrogens is 2. The molecule has 2 aromatic rings. The van der Waals surface area contributed by atoms with E-state index in [2.05, 4.69) is 41.5 Å². The fourth-order valence-corrected chi connectivity index (χ4v) is 4.76. The van der Waals surface area contributed by atoms with Crippen LogP contribution >= 0.6 is 0 Å². The van der Waals surface area contributed by atoms with Gasteiger partial charge in [-0.05, 0) is 44.7 Å². The van der Waals surface area contributed by atoms with E-state index in [1.165, 1.54) is 19.4 Å². The molecule has 0 radical (unpaired) electrons. The second-order valence-corrected chi connectivity index (χ2v) is 10.8. The summed E-state index contributed by atoms with van der Waals surface area (Å²) in [5.41, 5.74) is 12.1. The third kappa shape index (κ3) is 11.6. The molecule has 0 spiro atoms. The molecule has 16 nitrogen and oxygen atoms in total. The molecule has 0 saturated carbocycles. The van der Waals surface area contributed by atoms with Crippen LogP contribution in [0.25, 0.3) is 0 Å². The monoisotopic (exact) mass is 626 g/mol. The number of H-pyrrole nitrogens is 1. The van der Waals surface area contributed by atoms with E-state index in [1.807, 2.05) is 6.07 Å². The largest absolute Gasteiger partial charge is 0.480 e. The molecule has 0 aliphatic carbocycles. The van der Waals surface area contributed by atoms with Crippen LogP contribution in [0.5, 0.6) is 0 Å². The zero-order valence-electron chi connectivity index (χ0n) is 25.1. The maximum absolute atomic E-state index is 13.7. The average Bonchev–Trinajstić information content (AvgIpc) is 3.73. The number of aliphatic imine (C=N–C) groups is 1. The first kappa shape index (κ1) is 34.5. The minimum atomic E-state index is -1.25. The van der Waals surface area contributed by atoms with E-state index in [0.29, 0.717) is 25.1 Å². The van der Waals surface area contributed by atoms with Gasteiger partial charge in [-0.3, -0.25) is 29.0 Å². The maximum Gasteiger partial charge on any atom is 0.325 e. The number of aromatic amines is 1. The molecule has 1 aromatic carbocycles. The molecule has 1 aromatic heterocycles. The van der Waals surface area contributed by atoms with Crippen LogP contribution in [0, 0.1) is 0 Å². The molecule has 1 aliphatic rings. The van der Waals surface area contributed by atoms with E-state index in [9.17, 15) is 29.1 Å². The van der Waals surface area contributed by atoms with E-state index in [0.717, 1.165) is 12.0 Å². The summed E-state index contributed by atoms with van der Waals surface area (Å²) in [5, 5.41) is 22.9. The number of guanidine groups is 1. The van der Waals surface area contributed by atoms with Gasteiger partial charge >= 0.3 is 5.97 Å². The number of rotatable bonds is 17. The summed E-state index contributed by atoms with van der Waals surface area (Å²) in [7, 11) is 0. The molecule has 3 rings (SSSR count). The van der Waals surface area contributed by atoms with Crippen molar-refractivity contribution in [3.05, 3.63) is 54.1 Å². The molecule has 2 heterocycles. The van der Waals surface area contributed by atoms with Crippen molar-refractivity contribution in [3.63, 3.8) is 0 Å². The van der Waals surface area contributed by atoms with Gasteiger partial charge in [0.2, 0.25) is 23.6 Å². The second kappa shape index (κ2) is 17.3. The zero-order chi connectivity index (χ0) is 32.8. The lowest BCUT2D eigenvalue weighted by Gasteiger charge is -2.26. The summed E-state index contributed by atoms with van der Waals surface area (Å²) >= 11 is 0. The Morgan fingerprint density at radius 1 is 0.978 bits per heavy atom. The van der Waals surface area contributed by atoms with Gasteiger partial charge in [0.1, 0.15) is 24.2 Å². The van der Waals surface area contributed by atoms with Crippen LogP contribution < -0.4 is 38.1 Å². The zero-order valence-corrected chi connectivity index (χ0v) is 25.1. The molecule has 5 atom stereocenters. The predicted molar refractivity (Wildman–Crippen MR) is 164 cm³/mol. The van der Waals surface area contributed by atoms with Gasteiger partial charge in [0.05, 0.1) is 12.4 Å². The van der Waals surface area contributed by atoms with Crippen LogP contribution in [0.4, 0.5) is 0 Å². The van der Waals surface area contributed by atoms with Crippen molar-refractivity contribution in [2.75, 3.05) is 13.1 Å². The highest BCUT2D eigenvalue weighted by Crippen LogP contribution is 2.09. The lowest BCUT2D eigenvalue weighted by molar-refractivity contribution is -0.141. The van der Waals surface area contributed by atoms with Crippen molar-refractivity contribution in [2.45, 2.75) is 75.7 Å². The number of nitrogens with two attached hydrogens (primary N) is 2. The highest BCUT2D eigenvalue weighted by molar-refractivity contribution is 5.95. The quantitative estimate of drug-likeness (QED) is 0.0532. The van der Waals surface area contributed by atoms with Gasteiger partial charge in [-0.1, -0.05) is 30.3 Å². The molecule has 1 fully saturated rings. The summed E-state index contributed by atoms with van der Waals surface area (Å²) < 4.78 is 0. The normalized spacial score (nSPS) is 16.8. The summed E-state index contributed by atoms with van der Waals surface area (Å²) in [6.45, 7) is 2.17. The van der Waals surface area contributed by atoms with Crippen LogP contribution in [-0.2, 0) is 36.8 Å². The smallest absolute Gasteiger partial charge is 0.325 e. The Morgan fingerprint density at radius 3 is 2.24 bits per heavy atom. The topological polar surface area (TPSA) is 259 Å². The van der Waals surface area contributed by atoms with Crippen LogP contribution in [0.15, 0.2) is 47.8 Å². The fourth-order valence-electron chi connectivity index (χ4n) is 4.76. The van der Waals surface area contributed by atoms with Crippen molar-refractivity contribution in [3.8, 4) is 0 Å². The van der Waals surface area contributed by atoms with Crippen molar-refractivity contribution < 1.29 is 29.1 Å². The predicted octanol–water partition coefficient (Wildman–Crippen LogP) is -1.96. The van der Waals surface area contributed by atoms with Crippen LogP contribution in [0.1, 0.15) is 43.9 Å². The number of carboxylic acids is 1. The molecule has 1 aliphatic heterocycles. The van der Waals surface area contributed by atoms with E-state index in [1.54, 1.807) is 24.3 Å². The Kier molecular flexibility index (Phi) is 13.3. The van der Waals surface area contributed by atoms with E-state index in [4.69, 9.17) is 11.5 Å². The Balaban J connectivity index is 1.82. The third-order valence-electron chi connectivity index (χ3n) is 7.21. The molecule has 1 saturated heterocycles. The minimum absolute atomic E-state index is 0.0706. The standard InChI is InChI=1S/C29H42N10O6/c1-17(28(44)45)36-25(41)21(10-6-12-34-29(30)31)37-26(42)22(13-18-7-3-2-4-8-18)38-27(43)23(14-19-15-32-16-35-19)39-24(40)20-9-5-11-33-20/h2-4,7-8,15-17,20-23,33H,5-6,9-14H2,1H3,(H,32,35)(H,36,41)(H,37,42)(H,38,43)(H,39,40)(H,44,45)(H4,30,31,34)/t17-,20-,21-,22-,23-/m0/s1. The Bertz CT molecular complexity index is 1310. The van der Waals surface area contributed by atoms with E-state index < -0.39 is 53.9 Å². The highest BCUT2D eigenvalue weighted by Gasteiger charge is 2.32. The number of hydrogen-bond donors (Lipinski definition) is 9. The SMILES string of the molecule is C[C@H](NC(=O)[C@H](CCCN=C(N)N)NC(=O)[C@H](Cc1ccccc1)NC(=O)[C@H](Cc1cnc[nH]1)NC(=O)[C@@H]1CCCN1)C(=O)O. The van der Waals surface area contributed by atoms with Gasteiger partial charge < -0.3 is 48.1 Å². The van der Waals surface area contributed by atoms with E-state index in [-0.39, 0.29) is 37.7 Å². The van der Waals surface area contributed by atoms with E-state index >= 15 is 0 Å². The van der Waals surface area contributed by atoms with Crippen molar-refractivity contribution >= 4 is 35.6 Å². The third-order valence-corrected chi connectivity index (χ3v) is 7.21. The highest BCUT2D eigenvalue weighted by atomic mass is 16.4. The Hall–Kier alpha value is -4.99. The van der Waals surface area contributed by atoms with Gasteiger partial charge in [-0.2, -0.15) is 0 Å². The first-order valence-electron chi connectivity index (χ1n) is 14.8. The number of carboxylic acid groups (broad SMARTS) is 1. The van der Waals surface area contributed by atoms with Gasteiger partial charge in [-0.15, -0.1) is 0 Å². The lowest BCUT2D eigenvalue weighted by Crippen LogP contribution is -2.59. The summed E-state index contributed by atoms with van der Waals surface area (Å²) in [6, 6.07) is 3.96. The van der Waals surface area contributed by atoms with Crippen molar-refractivity contribution in [1.29, 1.82) is 0 Å². The summed E-state index contributed by atoms with van der Waals surface area (Å²) in [5.74, 6) is -3.73. The fraction of sp³-hybridized carbons (Fsp3) is 0.483. The van der Waals surface area contributed by atoms with Gasteiger partial charge in [0.25, 0.3) is 0 Å². The second-order valence-electron chi connectivity index (χ2n) is 10.8. The molecular formula is C29H42N10O6. The number of nitrogens with zero attached hydrogens (tertiary/aromatic N) is 2. The molecule has 0 bridgehead atoms. The summed E-state index contributed by atoms with van der Waals surface area (Å²) in [4.78, 5) is 75.6. The van der Waals surface area contributed by atoms with Gasteiger partial charge in [0, 0.05) is 31.3 Å². The molecule has 0 unspecified atom stereocenters. The first-order chi connectivity index (χ1) is 21.5. The average molecular weight is 627 g/mol. The number of benzene rings is 1. The Morgan fingerprint density at radius 2 is 1.64 bits per heavy atom. The van der Waals surface area contributed by atoms with Crippen LogP contribution in [0.3, 0.4) is 0 Å². The number of nitrogens with one attached hydrogen (secondary N) is 6. The lowest BCUT2D eigenvalue weighted by atomic mass is 10.0. The number of aliphatic carboxylic acids is 1. The molecule has 11 N–H and O–H groups in total. The van der Waals surface area contributed by atoms with Gasteiger partial charge in [-0.25, -0.2) is 4.98 Å². The van der Waals surface area contributed by atoms with Crippen LogP contribution in [0.2, 0.25) is 0 Å². The van der Waals surface area contributed by atoms with Gasteiger partial charge in [0.15, 0.2) is 5.96 Å². The molecule has 16 heteroatoms. The minimum Gasteiger partial charge on any atom is -0.480 e.